The first-order valence-electron chi connectivity index (χ1n) is 15.6. The van der Waals surface area contributed by atoms with E-state index in [4.69, 9.17) is 18.9 Å². The molecule has 0 spiro atoms. The Hall–Kier alpha value is -3.18. The molecule has 1 aromatic carbocycles. The normalized spacial score (nSPS) is 33.9. The number of benzene rings is 1. The van der Waals surface area contributed by atoms with E-state index >= 15 is 0 Å². The number of amides is 1. The average molecular weight is 722 g/mol. The summed E-state index contributed by atoms with van der Waals surface area (Å²) in [6, 6.07) is 2.28. The van der Waals surface area contributed by atoms with Crippen LogP contribution in [0.3, 0.4) is 0 Å². The minimum Gasteiger partial charge on any atom is -0.496 e. The van der Waals surface area contributed by atoms with E-state index in [0.29, 0.717) is 6.54 Å². The number of ether oxygens (including phenoxy) is 4. The number of likely N-dealkylation sites (N-methyl/N-ethyl adjacent to an activating group) is 1. The van der Waals surface area contributed by atoms with Crippen molar-refractivity contribution < 1.29 is 77.5 Å². The number of rotatable bonds is 13. The summed E-state index contributed by atoms with van der Waals surface area (Å²) in [5.74, 6) is -4.66. The highest BCUT2D eigenvalue weighted by Gasteiger charge is 2.53. The molecule has 0 bridgehead atoms. The Labute approximate surface area is 281 Å². The number of sulfone groups is 1. The number of anilines is 1. The summed E-state index contributed by atoms with van der Waals surface area (Å²) in [7, 11) is -2.94. The van der Waals surface area contributed by atoms with Gasteiger partial charge in [-0.1, -0.05) is 13.8 Å². The van der Waals surface area contributed by atoms with Crippen LogP contribution in [0.15, 0.2) is 17.0 Å². The predicted molar refractivity (Wildman–Crippen MR) is 164 cm³/mol. The van der Waals surface area contributed by atoms with E-state index in [0.717, 1.165) is 38.1 Å². The molecule has 3 aliphatic heterocycles. The monoisotopic (exact) mass is 721 g/mol. The maximum atomic E-state index is 13.4. The zero-order chi connectivity index (χ0) is 36.4. The van der Waals surface area contributed by atoms with Crippen molar-refractivity contribution in [1.29, 1.82) is 0 Å². The van der Waals surface area contributed by atoms with E-state index < -0.39 is 99.7 Å². The van der Waals surface area contributed by atoms with Crippen molar-refractivity contribution in [2.75, 3.05) is 37.8 Å². The van der Waals surface area contributed by atoms with E-state index in [2.05, 4.69) is 15.5 Å². The smallest absolute Gasteiger partial charge is 0.335 e. The van der Waals surface area contributed by atoms with Crippen LogP contribution in [-0.2, 0) is 33.6 Å². The number of aliphatic hydroxyl groups excluding tert-OH is 5. The molecule has 11 atom stereocenters. The van der Waals surface area contributed by atoms with Crippen LogP contribution in [0.25, 0.3) is 0 Å². The quantitative estimate of drug-likeness (QED) is 0.0976. The number of methoxy groups -OCH3 is 1. The molecule has 19 nitrogen and oxygen atoms in total. The Morgan fingerprint density at radius 2 is 1.57 bits per heavy atom. The topological polar surface area (TPSA) is 291 Å². The Morgan fingerprint density at radius 3 is 2.16 bits per heavy atom. The molecule has 3 heterocycles. The summed E-state index contributed by atoms with van der Waals surface area (Å²) < 4.78 is 48.3. The SMILES string of the molecule is CCN1CCCC1CNC(=O)c1cc(S(=O)(=O)CC)c(NC2OC(C(=O)O)C(O)C(O)C2OC2OC(C(=O)O)C(O)C(O)C2O)cc1OC. The lowest BCUT2D eigenvalue weighted by atomic mass is 9.96. The number of nitrogens with one attached hydrogen (secondary N) is 2. The van der Waals surface area contributed by atoms with Crippen molar-refractivity contribution in [3.63, 3.8) is 0 Å². The molecule has 1 aromatic rings. The van der Waals surface area contributed by atoms with Gasteiger partial charge in [-0.05, 0) is 32.0 Å². The fourth-order valence-electron chi connectivity index (χ4n) is 6.09. The maximum Gasteiger partial charge on any atom is 0.335 e. The number of carboxylic acids is 2. The second-order valence-electron chi connectivity index (χ2n) is 11.9. The summed E-state index contributed by atoms with van der Waals surface area (Å²) in [6.07, 6.45) is -19.0. The fourth-order valence-corrected chi connectivity index (χ4v) is 7.15. The third kappa shape index (κ3) is 8.08. The minimum absolute atomic E-state index is 0.0888. The largest absolute Gasteiger partial charge is 0.496 e. The number of nitrogens with zero attached hydrogens (tertiary/aromatic N) is 1. The summed E-state index contributed by atoms with van der Waals surface area (Å²) in [4.78, 5) is 38.6. The molecule has 49 heavy (non-hydrogen) atoms. The van der Waals surface area contributed by atoms with Gasteiger partial charge >= 0.3 is 11.9 Å². The highest BCUT2D eigenvalue weighted by molar-refractivity contribution is 7.91. The van der Waals surface area contributed by atoms with Gasteiger partial charge in [0.1, 0.15) is 42.4 Å². The zero-order valence-electron chi connectivity index (χ0n) is 26.9. The third-order valence-corrected chi connectivity index (χ3v) is 10.7. The first kappa shape index (κ1) is 38.6. The summed E-state index contributed by atoms with van der Waals surface area (Å²) >= 11 is 0. The van der Waals surface area contributed by atoms with Crippen molar-refractivity contribution in [2.24, 2.45) is 0 Å². The van der Waals surface area contributed by atoms with E-state index in [-0.39, 0.29) is 23.0 Å². The van der Waals surface area contributed by atoms with Crippen LogP contribution in [-0.4, -0.2) is 167 Å². The van der Waals surface area contributed by atoms with E-state index in [1.807, 2.05) is 6.92 Å². The third-order valence-electron chi connectivity index (χ3n) is 8.90. The van der Waals surface area contributed by atoms with Crippen molar-refractivity contribution in [1.82, 2.24) is 10.2 Å². The average Bonchev–Trinajstić information content (AvgIpc) is 3.53. The molecule has 20 heteroatoms. The van der Waals surface area contributed by atoms with Gasteiger partial charge in [-0.25, -0.2) is 18.0 Å². The number of aliphatic carboxylic acids is 2. The second kappa shape index (κ2) is 15.8. The fraction of sp³-hybridized carbons (Fsp3) is 0.690. The molecule has 1 amide bonds. The molecule has 3 saturated heterocycles. The van der Waals surface area contributed by atoms with Crippen LogP contribution in [0.2, 0.25) is 0 Å². The lowest BCUT2D eigenvalue weighted by Crippen LogP contribution is -2.66. The molecule has 3 fully saturated rings. The molecular formula is C29H43N3O16S. The zero-order valence-corrected chi connectivity index (χ0v) is 27.7. The summed E-state index contributed by atoms with van der Waals surface area (Å²) in [5, 5.41) is 76.8. The Bertz CT molecular complexity index is 1480. The van der Waals surface area contributed by atoms with Gasteiger partial charge in [-0.2, -0.15) is 0 Å². The Morgan fingerprint density at radius 1 is 0.939 bits per heavy atom. The predicted octanol–water partition coefficient (Wildman–Crippen LogP) is -3.08. The van der Waals surface area contributed by atoms with Crippen LogP contribution in [0, 0.1) is 0 Å². The lowest BCUT2D eigenvalue weighted by Gasteiger charge is -2.45. The minimum atomic E-state index is -4.16. The maximum absolute atomic E-state index is 13.4. The van der Waals surface area contributed by atoms with Gasteiger partial charge in [-0.3, -0.25) is 9.69 Å². The summed E-state index contributed by atoms with van der Waals surface area (Å²) in [5.41, 5.74) is -0.443. The molecule has 0 aromatic heterocycles. The first-order chi connectivity index (χ1) is 23.1. The highest BCUT2D eigenvalue weighted by Crippen LogP contribution is 2.35. The van der Waals surface area contributed by atoms with Gasteiger partial charge in [0.25, 0.3) is 5.91 Å². The molecule has 0 aliphatic carbocycles. The molecule has 3 aliphatic rings. The van der Waals surface area contributed by atoms with Crippen molar-refractivity contribution in [2.45, 2.75) is 99.0 Å². The first-order valence-corrected chi connectivity index (χ1v) is 17.3. The number of likely N-dealkylation sites (tertiary alicyclic amines) is 1. The molecule has 4 rings (SSSR count). The Kier molecular flexibility index (Phi) is 12.4. The van der Waals surface area contributed by atoms with E-state index in [1.54, 1.807) is 0 Å². The molecule has 0 saturated carbocycles. The van der Waals surface area contributed by atoms with Gasteiger partial charge < -0.3 is 65.3 Å². The van der Waals surface area contributed by atoms with Gasteiger partial charge in [-0.15, -0.1) is 0 Å². The molecule has 11 unspecified atom stereocenters. The second-order valence-corrected chi connectivity index (χ2v) is 14.1. The number of carboxylic acid groups (broad SMARTS) is 2. The van der Waals surface area contributed by atoms with E-state index in [9.17, 15) is 58.5 Å². The van der Waals surface area contributed by atoms with Crippen molar-refractivity contribution in [3.8, 4) is 5.75 Å². The molecule has 0 radical (unpaired) electrons. The Balaban J connectivity index is 1.71. The number of hydrogen-bond donors (Lipinski definition) is 9. The number of aliphatic hydroxyl groups is 5. The summed E-state index contributed by atoms with van der Waals surface area (Å²) in [6.45, 7) is 5.32. The standard InChI is InChI=1S/C29H43N3O16S/c1-4-32-8-6-7-12(32)11-30-25(38)13-9-16(49(43,44)5-2)14(10-15(13)45-3)31-26-22(19(35)20(36)23(46-26)27(39)40)47-29-21(37)17(33)18(34)24(48-29)28(41)42/h9-10,12,17-24,26,29,31,33-37H,4-8,11H2,1-3H3,(H,30,38)(H,39,40)(H,41,42). The molecule has 9 N–H and O–H groups in total. The van der Waals surface area contributed by atoms with Crippen LogP contribution < -0.4 is 15.4 Å². The lowest BCUT2D eigenvalue weighted by molar-refractivity contribution is -0.331. The molecule has 276 valence electrons. The van der Waals surface area contributed by atoms with Crippen LogP contribution in [0.1, 0.15) is 37.0 Å². The number of carbonyl (C=O) groups excluding carboxylic acids is 1. The molecular weight excluding hydrogens is 678 g/mol. The van der Waals surface area contributed by atoms with Gasteiger partial charge in [0, 0.05) is 18.7 Å². The van der Waals surface area contributed by atoms with Gasteiger partial charge in [0.05, 0.1) is 29.0 Å². The number of hydrogen-bond acceptors (Lipinski definition) is 16. The van der Waals surface area contributed by atoms with Crippen LogP contribution in [0.5, 0.6) is 5.75 Å². The van der Waals surface area contributed by atoms with Crippen LogP contribution in [0.4, 0.5) is 5.69 Å². The van der Waals surface area contributed by atoms with Crippen LogP contribution >= 0.6 is 0 Å². The van der Waals surface area contributed by atoms with Gasteiger partial charge in [0.2, 0.25) is 0 Å². The highest BCUT2D eigenvalue weighted by atomic mass is 32.2. The van der Waals surface area contributed by atoms with Gasteiger partial charge in [0.15, 0.2) is 34.6 Å². The van der Waals surface area contributed by atoms with E-state index in [1.165, 1.54) is 14.0 Å². The number of carbonyl (C=O) groups is 3. The van der Waals surface area contributed by atoms with Crippen molar-refractivity contribution >= 4 is 33.4 Å². The van der Waals surface area contributed by atoms with Crippen molar-refractivity contribution in [3.05, 3.63) is 17.7 Å².